The predicted octanol–water partition coefficient (Wildman–Crippen LogP) is 15.8. The van der Waals surface area contributed by atoms with Crippen LogP contribution >= 0.6 is 0 Å². The Bertz CT molecular complexity index is 4110. The normalized spacial score (nSPS) is 17.1. The number of fused-ring (bicyclic) bond motifs is 20. The van der Waals surface area contributed by atoms with Crippen LogP contribution in [0.5, 0.6) is 0 Å². The van der Waals surface area contributed by atoms with Gasteiger partial charge in [-0.3, -0.25) is 0 Å². The highest BCUT2D eigenvalue weighted by atomic mass is 16.3. The van der Waals surface area contributed by atoms with E-state index in [1.165, 1.54) is 105 Å². The van der Waals surface area contributed by atoms with Crippen LogP contribution in [0.15, 0.2) is 142 Å². The summed E-state index contributed by atoms with van der Waals surface area (Å²) in [6.45, 7) is 21.4. The lowest BCUT2D eigenvalue weighted by molar-refractivity contribution is 0.332. The van der Waals surface area contributed by atoms with E-state index in [1.54, 1.807) is 0 Å². The van der Waals surface area contributed by atoms with Gasteiger partial charge in [-0.15, -0.1) is 0 Å². The molecule has 0 atom stereocenters. The molecule has 3 aromatic heterocycles. The highest BCUT2D eigenvalue weighted by Gasteiger charge is 2.49. The van der Waals surface area contributed by atoms with Gasteiger partial charge in [0.2, 0.25) is 0 Å². The summed E-state index contributed by atoms with van der Waals surface area (Å²) >= 11 is 0. The molecule has 15 rings (SSSR count). The third kappa shape index (κ3) is 4.73. The van der Waals surface area contributed by atoms with E-state index in [1.807, 2.05) is 0 Å². The van der Waals surface area contributed by atoms with Gasteiger partial charge in [0, 0.05) is 65.9 Å². The zero-order valence-corrected chi connectivity index (χ0v) is 40.4. The molecule has 0 bridgehead atoms. The minimum Gasteiger partial charge on any atom is -0.456 e. The number of benzene rings is 8. The molecule has 0 saturated heterocycles. The third-order valence-corrected chi connectivity index (χ3v) is 17.4. The van der Waals surface area contributed by atoms with Gasteiger partial charge in [-0.2, -0.15) is 0 Å². The summed E-state index contributed by atoms with van der Waals surface area (Å²) in [5, 5.41) is 7.17. The topological polar surface area (TPSA) is 34.5 Å². The van der Waals surface area contributed by atoms with Crippen LogP contribution in [-0.4, -0.2) is 11.4 Å². The van der Waals surface area contributed by atoms with Gasteiger partial charge in [0.15, 0.2) is 0 Å². The lowest BCUT2D eigenvalue weighted by atomic mass is 9.43. The Labute approximate surface area is 397 Å². The Hall–Kier alpha value is -6.98. The van der Waals surface area contributed by atoms with E-state index in [-0.39, 0.29) is 28.5 Å². The van der Waals surface area contributed by atoms with Crippen molar-refractivity contribution in [2.75, 3.05) is 4.81 Å². The van der Waals surface area contributed by atoms with E-state index in [9.17, 15) is 0 Å². The van der Waals surface area contributed by atoms with Crippen LogP contribution in [-0.2, 0) is 21.7 Å². The van der Waals surface area contributed by atoms with Crippen molar-refractivity contribution in [3.8, 4) is 27.9 Å². The molecule has 0 spiro atoms. The molecule has 2 aliphatic carbocycles. The van der Waals surface area contributed by atoms with Gasteiger partial charge < -0.3 is 18.2 Å². The van der Waals surface area contributed by atoms with E-state index in [0.29, 0.717) is 0 Å². The van der Waals surface area contributed by atoms with Crippen LogP contribution in [0.4, 0.5) is 11.4 Å². The first kappa shape index (κ1) is 39.1. The fourth-order valence-corrected chi connectivity index (χ4v) is 13.6. The van der Waals surface area contributed by atoms with Crippen molar-refractivity contribution in [3.63, 3.8) is 0 Å². The van der Waals surface area contributed by atoms with Gasteiger partial charge in [0.05, 0.1) is 11.0 Å². The molecule has 0 saturated carbocycles. The number of nitrogens with zero attached hydrogens (tertiary/aromatic N) is 2. The molecule has 0 N–H and O–H groups in total. The Morgan fingerprint density at radius 2 is 1.21 bits per heavy atom. The Morgan fingerprint density at radius 3 is 1.96 bits per heavy atom. The Balaban J connectivity index is 1.19. The maximum atomic E-state index is 7.41. The van der Waals surface area contributed by atoms with Gasteiger partial charge in [0.1, 0.15) is 22.3 Å². The van der Waals surface area contributed by atoms with Crippen molar-refractivity contribution in [2.24, 2.45) is 0 Å². The summed E-state index contributed by atoms with van der Waals surface area (Å²) in [5.41, 5.74) is 24.3. The second-order valence-electron chi connectivity index (χ2n) is 23.5. The van der Waals surface area contributed by atoms with Gasteiger partial charge >= 0.3 is 6.85 Å². The van der Waals surface area contributed by atoms with E-state index in [2.05, 4.69) is 205 Å². The van der Waals surface area contributed by atoms with E-state index in [4.69, 9.17) is 8.83 Å². The molecule has 5 heteroatoms. The summed E-state index contributed by atoms with van der Waals surface area (Å²) in [4.78, 5) is 2.70. The van der Waals surface area contributed by atoms with E-state index >= 15 is 0 Å². The minimum atomic E-state index is -0.204. The first-order valence-electron chi connectivity index (χ1n) is 24.7. The van der Waals surface area contributed by atoms with Gasteiger partial charge in [-0.25, -0.2) is 0 Å². The number of hydrogen-bond donors (Lipinski definition) is 0. The minimum absolute atomic E-state index is 0.00228. The average molecular weight is 881 g/mol. The third-order valence-electron chi connectivity index (χ3n) is 17.4. The second kappa shape index (κ2) is 12.4. The predicted molar refractivity (Wildman–Crippen MR) is 286 cm³/mol. The average Bonchev–Trinajstić information content (AvgIpc) is 4.05. The second-order valence-corrected chi connectivity index (χ2v) is 23.5. The van der Waals surface area contributed by atoms with Crippen LogP contribution in [0.3, 0.4) is 0 Å². The number of rotatable bonds is 1. The zero-order valence-electron chi connectivity index (χ0n) is 40.4. The first-order valence-corrected chi connectivity index (χ1v) is 24.7. The molecule has 8 aromatic carbocycles. The lowest BCUT2D eigenvalue weighted by Gasteiger charge is -2.46. The van der Waals surface area contributed by atoms with Crippen molar-refractivity contribution in [1.82, 2.24) is 4.57 Å². The number of furan rings is 2. The molecule has 330 valence electrons. The number of para-hydroxylation sites is 2. The molecular weight excluding hydrogens is 828 g/mol. The summed E-state index contributed by atoms with van der Waals surface area (Å²) in [6, 6.07) is 51.0. The molecule has 5 heterocycles. The summed E-state index contributed by atoms with van der Waals surface area (Å²) in [5.74, 6) is 0. The SMILES string of the molecule is CC(C)(C)c1ccc(N2B3c4cc5oc6ccccc6c5cc4-n4c5cc6c(cc5c5c7c(oc8ccccc87)c(c3c54)-c3cc4c(cc32)C(C)(C)CCC4(C)C)C(C)(C)c2ccccc2-6)cc1. The van der Waals surface area contributed by atoms with Gasteiger partial charge in [0.25, 0.3) is 0 Å². The molecule has 68 heavy (non-hydrogen) atoms. The monoisotopic (exact) mass is 880 g/mol. The van der Waals surface area contributed by atoms with Crippen LogP contribution in [0.1, 0.15) is 103 Å². The summed E-state index contributed by atoms with van der Waals surface area (Å²) in [6.07, 6.45) is 2.27. The molecule has 2 aliphatic heterocycles. The van der Waals surface area contributed by atoms with Crippen LogP contribution in [0, 0.1) is 0 Å². The van der Waals surface area contributed by atoms with Crippen molar-refractivity contribution in [2.45, 2.75) is 96.8 Å². The maximum Gasteiger partial charge on any atom is 0.333 e. The molecule has 0 fully saturated rings. The Morgan fingerprint density at radius 1 is 0.529 bits per heavy atom. The smallest absolute Gasteiger partial charge is 0.333 e. The van der Waals surface area contributed by atoms with Crippen LogP contribution in [0.2, 0.25) is 0 Å². The standard InChI is InChI=1S/C63H53BN2O2/c1-60(2,3)34-22-24-35(25-23-34)66-49-32-46-45(61(4,5)26-27-62(46,6)7)29-42(49)56-57-58-54(55-38-18-12-15-21-52(38)68-59(55)56)41-28-44-39(36-16-10-13-19-43(36)63(44,8)9)30-48(41)65(58)50-31-40-37-17-11-14-20-51(37)67-53(40)33-47(50)64(57)66/h10-25,28-33H,26-27H2,1-9H3. The van der Waals surface area contributed by atoms with Gasteiger partial charge in [-0.1, -0.05) is 135 Å². The van der Waals surface area contributed by atoms with Crippen molar-refractivity contribution in [1.29, 1.82) is 0 Å². The largest absolute Gasteiger partial charge is 0.456 e. The van der Waals surface area contributed by atoms with Crippen molar-refractivity contribution >= 4 is 94.8 Å². The lowest BCUT2D eigenvalue weighted by Crippen LogP contribution is -2.60. The highest BCUT2D eigenvalue weighted by molar-refractivity contribution is 6.94. The number of aromatic nitrogens is 1. The molecule has 4 aliphatic rings. The van der Waals surface area contributed by atoms with Gasteiger partial charge in [-0.05, 0) is 140 Å². The van der Waals surface area contributed by atoms with Crippen molar-refractivity contribution < 1.29 is 8.83 Å². The summed E-state index contributed by atoms with van der Waals surface area (Å²) < 4.78 is 16.9. The Kier molecular flexibility index (Phi) is 7.11. The van der Waals surface area contributed by atoms with Crippen LogP contribution in [0.25, 0.3) is 93.6 Å². The molecule has 0 radical (unpaired) electrons. The molecule has 0 amide bonds. The maximum absolute atomic E-state index is 7.41. The quantitative estimate of drug-likeness (QED) is 0.154. The summed E-state index contributed by atoms with van der Waals surface area (Å²) in [7, 11) is 0. The van der Waals surface area contributed by atoms with E-state index in [0.717, 1.165) is 51.3 Å². The fourth-order valence-electron chi connectivity index (χ4n) is 13.6. The van der Waals surface area contributed by atoms with E-state index < -0.39 is 0 Å². The number of hydrogen-bond acceptors (Lipinski definition) is 3. The van der Waals surface area contributed by atoms with Crippen molar-refractivity contribution in [3.05, 3.63) is 161 Å². The first-order chi connectivity index (χ1) is 32.6. The molecule has 0 unspecified atom stereocenters. The highest BCUT2D eigenvalue weighted by Crippen LogP contribution is 2.57. The molecule has 11 aromatic rings. The van der Waals surface area contributed by atoms with Crippen LogP contribution < -0.4 is 15.7 Å². The fraction of sp³-hybridized carbons (Fsp3) is 0.238. The zero-order chi connectivity index (χ0) is 46.1. The number of anilines is 2. The molecule has 4 nitrogen and oxygen atoms in total. The molecular formula is C63H53BN2O2.